The summed E-state index contributed by atoms with van der Waals surface area (Å²) in [7, 11) is 2.81. The molecule has 29 heavy (non-hydrogen) atoms. The van der Waals surface area contributed by atoms with Crippen LogP contribution in [0.2, 0.25) is 0 Å². The maximum absolute atomic E-state index is 13.8. The first-order chi connectivity index (χ1) is 14.1. The lowest BCUT2D eigenvalue weighted by Crippen LogP contribution is -2.26. The van der Waals surface area contributed by atoms with E-state index in [1.54, 1.807) is 12.3 Å². The normalized spacial score (nSPS) is 16.2. The van der Waals surface area contributed by atoms with Crippen LogP contribution in [0.25, 0.3) is 5.65 Å². The van der Waals surface area contributed by atoms with Crippen LogP contribution < -0.4 is 19.9 Å². The monoisotopic (exact) mass is 402 g/mol. The maximum atomic E-state index is 13.8. The van der Waals surface area contributed by atoms with Crippen LogP contribution in [0, 0.1) is 5.82 Å². The first-order valence-corrected chi connectivity index (χ1v) is 8.92. The van der Waals surface area contributed by atoms with E-state index in [1.807, 2.05) is 4.90 Å². The van der Waals surface area contributed by atoms with Gasteiger partial charge in [0.05, 0.1) is 32.7 Å². The van der Waals surface area contributed by atoms with E-state index < -0.39 is 11.9 Å². The highest BCUT2D eigenvalue weighted by Gasteiger charge is 2.31. The third-order valence-electron chi connectivity index (χ3n) is 4.65. The van der Waals surface area contributed by atoms with Crippen molar-refractivity contribution < 1.29 is 23.5 Å². The Balaban J connectivity index is 1.68. The molecule has 1 aliphatic rings. The molecular formula is C18H19FN6O4. The highest BCUT2D eigenvalue weighted by atomic mass is 19.1. The molecule has 0 radical (unpaired) electrons. The summed E-state index contributed by atoms with van der Waals surface area (Å²) in [5.41, 5.74) is 3.10. The van der Waals surface area contributed by atoms with Crippen molar-refractivity contribution in [2.24, 2.45) is 0 Å². The number of carbonyl (C=O) groups excluding carboxylic acids is 1. The first kappa shape index (κ1) is 18.9. The van der Waals surface area contributed by atoms with Gasteiger partial charge < -0.3 is 14.4 Å². The topological polar surface area (TPSA) is 103 Å². The van der Waals surface area contributed by atoms with Crippen molar-refractivity contribution in [3.05, 3.63) is 42.1 Å². The van der Waals surface area contributed by atoms with E-state index in [9.17, 15) is 9.18 Å². The van der Waals surface area contributed by atoms with Gasteiger partial charge in [0.2, 0.25) is 11.5 Å². The molecule has 10 nitrogen and oxygen atoms in total. The lowest BCUT2D eigenvalue weighted by Gasteiger charge is -2.26. The summed E-state index contributed by atoms with van der Waals surface area (Å²) in [4.78, 5) is 26.9. The van der Waals surface area contributed by atoms with E-state index in [-0.39, 0.29) is 11.8 Å². The van der Waals surface area contributed by atoms with Gasteiger partial charge in [0.1, 0.15) is 11.6 Å². The van der Waals surface area contributed by atoms with Crippen LogP contribution in [0.1, 0.15) is 24.4 Å². The molecule has 1 atom stereocenters. The van der Waals surface area contributed by atoms with Crippen LogP contribution >= 0.6 is 0 Å². The van der Waals surface area contributed by atoms with Gasteiger partial charge in [0, 0.05) is 18.3 Å². The van der Waals surface area contributed by atoms with Gasteiger partial charge in [-0.05, 0) is 25.0 Å². The number of anilines is 1. The van der Waals surface area contributed by atoms with Gasteiger partial charge >= 0.3 is 6.09 Å². The summed E-state index contributed by atoms with van der Waals surface area (Å²) in [6.45, 7) is 0.724. The first-order valence-electron chi connectivity index (χ1n) is 8.92. The van der Waals surface area contributed by atoms with Crippen molar-refractivity contribution in [1.82, 2.24) is 25.1 Å². The van der Waals surface area contributed by atoms with E-state index in [0.717, 1.165) is 25.6 Å². The smallest absolute Gasteiger partial charge is 0.436 e. The maximum Gasteiger partial charge on any atom is 0.436 e. The molecule has 1 N–H and O–H groups in total. The highest BCUT2D eigenvalue weighted by molar-refractivity contribution is 5.72. The Morgan fingerprint density at radius 1 is 1.34 bits per heavy atom. The van der Waals surface area contributed by atoms with E-state index in [2.05, 4.69) is 25.4 Å². The van der Waals surface area contributed by atoms with Gasteiger partial charge in [0.25, 0.3) is 0 Å². The number of aromatic nitrogens is 4. The molecule has 0 aliphatic carbocycles. The molecule has 0 spiro atoms. The molecule has 152 valence electrons. The van der Waals surface area contributed by atoms with E-state index in [4.69, 9.17) is 9.47 Å². The molecule has 0 unspecified atom stereocenters. The van der Waals surface area contributed by atoms with E-state index >= 15 is 0 Å². The fourth-order valence-electron chi connectivity index (χ4n) is 3.49. The van der Waals surface area contributed by atoms with Crippen LogP contribution in [-0.4, -0.2) is 46.4 Å². The summed E-state index contributed by atoms with van der Waals surface area (Å²) >= 11 is 0. The molecule has 1 aliphatic heterocycles. The SMILES string of the molecule is CONC(=O)Oc1cnn2ccc(N3CCC[C@@H]3c3cc(F)cnc3OC)nc12. The van der Waals surface area contributed by atoms with Crippen LogP contribution in [-0.2, 0) is 4.84 Å². The molecule has 0 saturated carbocycles. The Kier molecular flexibility index (Phi) is 5.12. The van der Waals surface area contributed by atoms with Crippen molar-refractivity contribution in [2.75, 3.05) is 25.7 Å². The molecule has 1 amide bonds. The Hall–Kier alpha value is -3.47. The Morgan fingerprint density at radius 2 is 2.21 bits per heavy atom. The number of methoxy groups -OCH3 is 1. The number of halogens is 1. The second-order valence-corrected chi connectivity index (χ2v) is 6.36. The number of nitrogens with zero attached hydrogens (tertiary/aromatic N) is 5. The van der Waals surface area contributed by atoms with Gasteiger partial charge in [-0.2, -0.15) is 10.6 Å². The third-order valence-corrected chi connectivity index (χ3v) is 4.65. The van der Waals surface area contributed by atoms with Gasteiger partial charge in [-0.15, -0.1) is 0 Å². The predicted octanol–water partition coefficient (Wildman–Crippen LogP) is 2.26. The molecule has 3 aromatic heterocycles. The van der Waals surface area contributed by atoms with Crippen LogP contribution in [0.3, 0.4) is 0 Å². The molecule has 1 saturated heterocycles. The number of amides is 1. The summed E-state index contributed by atoms with van der Waals surface area (Å²) < 4.78 is 25.8. The largest absolute Gasteiger partial charge is 0.481 e. The summed E-state index contributed by atoms with van der Waals surface area (Å²) in [5, 5.41) is 4.13. The van der Waals surface area contributed by atoms with Gasteiger partial charge in [-0.25, -0.2) is 23.7 Å². The standard InChI is InChI=1S/C18H19FN6O4/c1-27-17-12(8-11(19)9-20-17)13-4-3-6-24(13)15-5-7-25-16(22-15)14(10-21-25)29-18(26)23-28-2/h5,7-10,13H,3-4,6H2,1-2H3,(H,23,26)/t13-/m1/s1. The molecule has 4 heterocycles. The molecule has 0 bridgehead atoms. The molecule has 0 aromatic carbocycles. The average Bonchev–Trinajstić information content (AvgIpc) is 3.35. The molecular weight excluding hydrogens is 383 g/mol. The zero-order valence-corrected chi connectivity index (χ0v) is 15.8. The lowest BCUT2D eigenvalue weighted by molar-refractivity contribution is 0.0848. The zero-order chi connectivity index (χ0) is 20.4. The number of hydrogen-bond donors (Lipinski definition) is 1. The van der Waals surface area contributed by atoms with E-state index in [1.165, 1.54) is 31.0 Å². The van der Waals surface area contributed by atoms with Crippen molar-refractivity contribution in [3.8, 4) is 11.6 Å². The van der Waals surface area contributed by atoms with Gasteiger partial charge in [-0.3, -0.25) is 4.84 Å². The quantitative estimate of drug-likeness (QED) is 0.649. The molecule has 1 fully saturated rings. The summed E-state index contributed by atoms with van der Waals surface area (Å²) in [6.07, 6.45) is 5.15. The van der Waals surface area contributed by atoms with E-state index in [0.29, 0.717) is 22.9 Å². The number of fused-ring (bicyclic) bond motifs is 1. The number of nitrogens with one attached hydrogen (secondary N) is 1. The molecule has 3 aromatic rings. The molecule has 11 heteroatoms. The second-order valence-electron chi connectivity index (χ2n) is 6.36. The number of hydroxylamine groups is 1. The van der Waals surface area contributed by atoms with Crippen molar-refractivity contribution >= 4 is 17.6 Å². The lowest BCUT2D eigenvalue weighted by atomic mass is 10.1. The summed E-state index contributed by atoms with van der Waals surface area (Å²) in [6, 6.07) is 3.10. The van der Waals surface area contributed by atoms with Crippen LogP contribution in [0.5, 0.6) is 11.6 Å². The minimum absolute atomic E-state index is 0.146. The second kappa shape index (κ2) is 7.87. The fourth-order valence-corrected chi connectivity index (χ4v) is 3.49. The minimum Gasteiger partial charge on any atom is -0.481 e. The minimum atomic E-state index is -0.788. The Morgan fingerprint density at radius 3 is 3.00 bits per heavy atom. The highest BCUT2D eigenvalue weighted by Crippen LogP contribution is 2.39. The van der Waals surface area contributed by atoms with Gasteiger partial charge in [-0.1, -0.05) is 0 Å². The Bertz CT molecular complexity index is 1040. The number of pyridine rings is 1. The van der Waals surface area contributed by atoms with Crippen LogP contribution in [0.15, 0.2) is 30.7 Å². The summed E-state index contributed by atoms with van der Waals surface area (Å²) in [5.74, 6) is 0.784. The van der Waals surface area contributed by atoms with Crippen molar-refractivity contribution in [1.29, 1.82) is 0 Å². The van der Waals surface area contributed by atoms with Crippen molar-refractivity contribution in [3.63, 3.8) is 0 Å². The van der Waals surface area contributed by atoms with Crippen LogP contribution in [0.4, 0.5) is 15.0 Å². The number of hydrogen-bond acceptors (Lipinski definition) is 8. The Labute approximate surface area is 165 Å². The average molecular weight is 402 g/mol. The number of ether oxygens (including phenoxy) is 2. The molecule has 4 rings (SSSR count). The third kappa shape index (κ3) is 3.63. The predicted molar refractivity (Wildman–Crippen MR) is 99.2 cm³/mol. The van der Waals surface area contributed by atoms with Gasteiger partial charge in [0.15, 0.2) is 5.75 Å². The van der Waals surface area contributed by atoms with Crippen molar-refractivity contribution in [2.45, 2.75) is 18.9 Å². The zero-order valence-electron chi connectivity index (χ0n) is 15.8. The number of carbonyl (C=O) groups is 1. The fraction of sp³-hybridized carbons (Fsp3) is 0.333. The number of rotatable bonds is 5.